The molecule has 2 saturated heterocycles. The van der Waals surface area contributed by atoms with Crippen molar-refractivity contribution in [2.75, 3.05) is 11.4 Å². The number of hydrogen-bond acceptors (Lipinski definition) is 5. The Balaban J connectivity index is 1.63. The number of imide groups is 1. The number of nitrogens with zero attached hydrogens (tertiary/aromatic N) is 2. The van der Waals surface area contributed by atoms with Crippen LogP contribution in [0.15, 0.2) is 41.8 Å². The van der Waals surface area contributed by atoms with E-state index in [0.29, 0.717) is 16.4 Å². The van der Waals surface area contributed by atoms with Gasteiger partial charge in [0, 0.05) is 17.3 Å². The summed E-state index contributed by atoms with van der Waals surface area (Å²) in [6, 6.07) is 8.12. The van der Waals surface area contributed by atoms with Gasteiger partial charge >= 0.3 is 0 Å². The quantitative estimate of drug-likeness (QED) is 0.514. The van der Waals surface area contributed by atoms with Crippen LogP contribution < -0.4 is 4.90 Å². The fourth-order valence-electron chi connectivity index (χ4n) is 5.01. The molecule has 5 nitrogen and oxygen atoms in total. The van der Waals surface area contributed by atoms with Crippen LogP contribution in [-0.2, 0) is 9.59 Å². The Morgan fingerprint density at radius 1 is 1.17 bits per heavy atom. The zero-order valence-electron chi connectivity index (χ0n) is 16.5. The van der Waals surface area contributed by atoms with Gasteiger partial charge in [0.2, 0.25) is 11.8 Å². The maximum atomic E-state index is 13.6. The van der Waals surface area contributed by atoms with Crippen LogP contribution in [0.25, 0.3) is 6.08 Å². The first-order chi connectivity index (χ1) is 14.5. The number of fused-ring (bicyclic) bond motifs is 5. The van der Waals surface area contributed by atoms with Crippen LogP contribution in [0.5, 0.6) is 0 Å². The molecule has 1 aromatic carbocycles. The SMILES string of the molecule is CCCCN1C(=O)[C@@H]2[C@H](C1=O)[C@@H]1C=Cc3cc(Cl)ccc3N1[C@@H]2C(=O)c1cccs1. The first-order valence-electron chi connectivity index (χ1n) is 10.2. The molecular weight excluding hydrogens is 420 g/mol. The molecule has 154 valence electrons. The summed E-state index contributed by atoms with van der Waals surface area (Å²) in [6.45, 7) is 2.45. The van der Waals surface area contributed by atoms with Gasteiger partial charge in [-0.25, -0.2) is 0 Å². The van der Waals surface area contributed by atoms with Crippen molar-refractivity contribution in [3.63, 3.8) is 0 Å². The van der Waals surface area contributed by atoms with Crippen molar-refractivity contribution in [3.05, 3.63) is 57.3 Å². The number of halogens is 1. The van der Waals surface area contributed by atoms with Gasteiger partial charge in [0.25, 0.3) is 0 Å². The van der Waals surface area contributed by atoms with Gasteiger partial charge in [0.15, 0.2) is 5.78 Å². The van der Waals surface area contributed by atoms with Crippen molar-refractivity contribution in [1.82, 2.24) is 4.90 Å². The highest BCUT2D eigenvalue weighted by molar-refractivity contribution is 7.12. The van der Waals surface area contributed by atoms with Crippen molar-refractivity contribution in [2.45, 2.75) is 31.8 Å². The van der Waals surface area contributed by atoms with E-state index in [1.165, 1.54) is 16.2 Å². The van der Waals surface area contributed by atoms with E-state index in [1.807, 2.05) is 47.6 Å². The Labute approximate surface area is 183 Å². The minimum absolute atomic E-state index is 0.0998. The molecule has 30 heavy (non-hydrogen) atoms. The largest absolute Gasteiger partial charge is 0.352 e. The zero-order chi connectivity index (χ0) is 21.0. The van der Waals surface area contributed by atoms with Gasteiger partial charge in [-0.05, 0) is 41.6 Å². The van der Waals surface area contributed by atoms with E-state index in [4.69, 9.17) is 11.6 Å². The number of rotatable bonds is 5. The van der Waals surface area contributed by atoms with Crippen molar-refractivity contribution in [2.24, 2.45) is 11.8 Å². The van der Waals surface area contributed by atoms with Gasteiger partial charge in [0.1, 0.15) is 6.04 Å². The van der Waals surface area contributed by atoms with Crippen LogP contribution in [-0.4, -0.2) is 41.1 Å². The maximum Gasteiger partial charge on any atom is 0.235 e. The van der Waals surface area contributed by atoms with E-state index in [-0.39, 0.29) is 23.6 Å². The molecule has 7 heteroatoms. The van der Waals surface area contributed by atoms with Gasteiger partial charge in [-0.3, -0.25) is 19.3 Å². The highest BCUT2D eigenvalue weighted by Gasteiger charge is 2.63. The second-order valence-electron chi connectivity index (χ2n) is 7.98. The van der Waals surface area contributed by atoms with Gasteiger partial charge < -0.3 is 4.90 Å². The van der Waals surface area contributed by atoms with Gasteiger partial charge in [0.05, 0.1) is 22.8 Å². The average Bonchev–Trinajstić information content (AvgIpc) is 3.43. The molecule has 2 aromatic rings. The van der Waals surface area contributed by atoms with Crippen molar-refractivity contribution in [3.8, 4) is 0 Å². The molecule has 2 fully saturated rings. The molecule has 0 N–H and O–H groups in total. The van der Waals surface area contributed by atoms with E-state index in [0.717, 1.165) is 24.1 Å². The highest BCUT2D eigenvalue weighted by Crippen LogP contribution is 2.49. The van der Waals surface area contributed by atoms with Crippen LogP contribution in [0.1, 0.15) is 35.0 Å². The van der Waals surface area contributed by atoms with Gasteiger partial charge in [-0.2, -0.15) is 0 Å². The standard InChI is InChI=1S/C23H21ClN2O3S/c1-2-3-10-25-22(28)18-16-8-6-13-12-14(24)7-9-15(13)26(16)20(19(18)23(25)29)21(27)17-5-4-11-30-17/h4-9,11-12,16,18-20H,2-3,10H2,1H3/t16-,18+,19+,20-/m0/s1. The zero-order valence-corrected chi connectivity index (χ0v) is 18.0. The first kappa shape index (κ1) is 19.5. The normalized spacial score (nSPS) is 26.7. The minimum Gasteiger partial charge on any atom is -0.352 e. The molecule has 3 aliphatic heterocycles. The van der Waals surface area contributed by atoms with E-state index in [2.05, 4.69) is 0 Å². The number of carbonyl (C=O) groups is 3. The molecule has 1 aromatic heterocycles. The Morgan fingerprint density at radius 2 is 1.97 bits per heavy atom. The third kappa shape index (κ3) is 2.77. The lowest BCUT2D eigenvalue weighted by Crippen LogP contribution is -2.48. The van der Waals surface area contributed by atoms with Crippen molar-refractivity contribution < 1.29 is 14.4 Å². The summed E-state index contributed by atoms with van der Waals surface area (Å²) in [5.41, 5.74) is 1.74. The van der Waals surface area contributed by atoms with E-state index >= 15 is 0 Å². The van der Waals surface area contributed by atoms with Crippen LogP contribution >= 0.6 is 22.9 Å². The Bertz CT molecular complexity index is 1060. The first-order valence-corrected chi connectivity index (χ1v) is 11.5. The number of hydrogen-bond donors (Lipinski definition) is 0. The van der Waals surface area contributed by atoms with E-state index in [1.54, 1.807) is 12.1 Å². The van der Waals surface area contributed by atoms with Gasteiger partial charge in [-0.15, -0.1) is 11.3 Å². The summed E-state index contributed by atoms with van der Waals surface area (Å²) in [5, 5.41) is 2.46. The number of ketones is 1. The number of Topliss-reactive ketones (excluding diaryl/α,β-unsaturated/α-hetero) is 1. The number of thiophene rings is 1. The molecule has 0 bridgehead atoms. The van der Waals surface area contributed by atoms with Crippen LogP contribution in [0.3, 0.4) is 0 Å². The predicted octanol–water partition coefficient (Wildman–Crippen LogP) is 4.27. The summed E-state index contributed by atoms with van der Waals surface area (Å²) < 4.78 is 0. The molecule has 3 aliphatic rings. The number of carbonyl (C=O) groups excluding carboxylic acids is 3. The fraction of sp³-hybridized carbons (Fsp3) is 0.348. The number of anilines is 1. The average molecular weight is 441 g/mol. The highest BCUT2D eigenvalue weighted by atomic mass is 35.5. The molecule has 2 amide bonds. The molecule has 5 rings (SSSR count). The van der Waals surface area contributed by atoms with Crippen molar-refractivity contribution >= 4 is 52.3 Å². The lowest BCUT2D eigenvalue weighted by Gasteiger charge is -2.36. The predicted molar refractivity (Wildman–Crippen MR) is 118 cm³/mol. The summed E-state index contributed by atoms with van der Waals surface area (Å²) in [5.74, 6) is -1.68. The van der Waals surface area contributed by atoms with Crippen LogP contribution in [0.4, 0.5) is 5.69 Å². The number of benzene rings is 1. The summed E-state index contributed by atoms with van der Waals surface area (Å²) in [4.78, 5) is 44.2. The third-order valence-corrected chi connectivity index (χ3v) is 7.45. The summed E-state index contributed by atoms with van der Waals surface area (Å²) in [6.07, 6.45) is 5.57. The van der Waals surface area contributed by atoms with Gasteiger partial charge in [-0.1, -0.05) is 43.2 Å². The monoisotopic (exact) mass is 440 g/mol. The Hall–Kier alpha value is -2.44. The van der Waals surface area contributed by atoms with E-state index < -0.39 is 17.9 Å². The molecule has 4 atom stereocenters. The Kier molecular flexibility index (Phi) is 4.79. The van der Waals surface area contributed by atoms with E-state index in [9.17, 15) is 14.4 Å². The number of likely N-dealkylation sites (tertiary alicyclic amines) is 1. The molecule has 4 heterocycles. The molecule has 0 unspecified atom stereocenters. The van der Waals surface area contributed by atoms with Crippen LogP contribution in [0, 0.1) is 11.8 Å². The minimum atomic E-state index is -0.702. The topological polar surface area (TPSA) is 57.7 Å². The molecule has 0 aliphatic carbocycles. The van der Waals surface area contributed by atoms with Crippen LogP contribution in [0.2, 0.25) is 5.02 Å². The lowest BCUT2D eigenvalue weighted by molar-refractivity contribution is -0.140. The Morgan fingerprint density at radius 3 is 2.70 bits per heavy atom. The maximum absolute atomic E-state index is 13.6. The summed E-state index contributed by atoms with van der Waals surface area (Å²) >= 11 is 7.54. The molecule has 0 radical (unpaired) electrons. The molecule has 0 spiro atoms. The fourth-order valence-corrected chi connectivity index (χ4v) is 5.89. The second kappa shape index (κ2) is 7.36. The summed E-state index contributed by atoms with van der Waals surface area (Å²) in [7, 11) is 0. The third-order valence-electron chi connectivity index (χ3n) is 6.33. The lowest BCUT2D eigenvalue weighted by atomic mass is 9.87. The number of amides is 2. The number of unbranched alkanes of at least 4 members (excludes halogenated alkanes) is 1. The second-order valence-corrected chi connectivity index (χ2v) is 9.36. The van der Waals surface area contributed by atoms with Crippen molar-refractivity contribution in [1.29, 1.82) is 0 Å². The molecular formula is C23H21ClN2O3S. The molecule has 0 saturated carbocycles. The smallest absolute Gasteiger partial charge is 0.235 e.